The zero-order valence-corrected chi connectivity index (χ0v) is 10.3. The molecule has 2 atom stereocenters. The summed E-state index contributed by atoms with van der Waals surface area (Å²) in [6.45, 7) is 8.26. The van der Waals surface area contributed by atoms with Crippen molar-refractivity contribution in [3.8, 4) is 0 Å². The lowest BCUT2D eigenvalue weighted by atomic mass is 10.0. The summed E-state index contributed by atoms with van der Waals surface area (Å²) in [7, 11) is 0. The minimum atomic E-state index is 0.180. The third-order valence-corrected chi connectivity index (χ3v) is 3.44. The van der Waals surface area contributed by atoms with E-state index in [0.29, 0.717) is 12.5 Å². The molecule has 0 aliphatic carbocycles. The molecule has 4 nitrogen and oxygen atoms in total. The number of piperidine rings is 1. The van der Waals surface area contributed by atoms with Gasteiger partial charge in [-0.2, -0.15) is 0 Å². The first-order valence-electron chi connectivity index (χ1n) is 6.32. The maximum Gasteiger partial charge on any atom is 0.320 e. The van der Waals surface area contributed by atoms with Gasteiger partial charge >= 0.3 is 6.03 Å². The Balaban J connectivity index is 1.90. The van der Waals surface area contributed by atoms with Gasteiger partial charge in [0, 0.05) is 26.2 Å². The Labute approximate surface area is 97.5 Å². The molecule has 0 spiro atoms. The highest BCUT2D eigenvalue weighted by Crippen LogP contribution is 2.17. The highest BCUT2D eigenvalue weighted by Gasteiger charge is 2.28. The van der Waals surface area contributed by atoms with E-state index in [0.717, 1.165) is 32.6 Å². The number of carbonyl (C=O) groups is 1. The SMILES string of the molecule is CC1CCCN(C(=O)N2CCOC(C)C2)C1. The highest BCUT2D eigenvalue weighted by molar-refractivity contribution is 5.74. The van der Waals surface area contributed by atoms with Gasteiger partial charge in [0.2, 0.25) is 0 Å². The average Bonchev–Trinajstić information content (AvgIpc) is 2.28. The van der Waals surface area contributed by atoms with Crippen LogP contribution in [0, 0.1) is 5.92 Å². The quantitative estimate of drug-likeness (QED) is 0.628. The molecule has 0 bridgehead atoms. The van der Waals surface area contributed by atoms with Crippen molar-refractivity contribution in [3.05, 3.63) is 0 Å². The Morgan fingerprint density at radius 2 is 1.94 bits per heavy atom. The number of urea groups is 1. The van der Waals surface area contributed by atoms with Gasteiger partial charge in [-0.1, -0.05) is 6.92 Å². The summed E-state index contributed by atoms with van der Waals surface area (Å²) >= 11 is 0. The van der Waals surface area contributed by atoms with Crippen molar-refractivity contribution in [1.29, 1.82) is 0 Å². The van der Waals surface area contributed by atoms with Crippen LogP contribution in [0.15, 0.2) is 0 Å². The van der Waals surface area contributed by atoms with Crippen molar-refractivity contribution in [3.63, 3.8) is 0 Å². The summed E-state index contributed by atoms with van der Waals surface area (Å²) in [6, 6.07) is 0.210. The number of likely N-dealkylation sites (tertiary alicyclic amines) is 1. The van der Waals surface area contributed by atoms with E-state index in [1.54, 1.807) is 0 Å². The molecule has 0 aromatic rings. The van der Waals surface area contributed by atoms with Crippen LogP contribution in [0.4, 0.5) is 4.79 Å². The third-order valence-electron chi connectivity index (χ3n) is 3.44. The normalized spacial score (nSPS) is 31.6. The lowest BCUT2D eigenvalue weighted by Crippen LogP contribution is -2.52. The van der Waals surface area contributed by atoms with Gasteiger partial charge in [0.05, 0.1) is 12.7 Å². The second-order valence-corrected chi connectivity index (χ2v) is 5.10. The molecule has 2 rings (SSSR count). The summed E-state index contributed by atoms with van der Waals surface area (Å²) in [5.41, 5.74) is 0. The zero-order chi connectivity index (χ0) is 11.5. The van der Waals surface area contributed by atoms with Gasteiger partial charge in [0.15, 0.2) is 0 Å². The maximum absolute atomic E-state index is 12.2. The monoisotopic (exact) mass is 226 g/mol. The summed E-state index contributed by atoms with van der Waals surface area (Å²) in [5, 5.41) is 0. The van der Waals surface area contributed by atoms with E-state index in [1.807, 2.05) is 16.7 Å². The number of amides is 2. The predicted molar refractivity (Wildman–Crippen MR) is 62.4 cm³/mol. The summed E-state index contributed by atoms with van der Waals surface area (Å²) in [5.74, 6) is 0.649. The van der Waals surface area contributed by atoms with E-state index in [4.69, 9.17) is 4.74 Å². The number of hydrogen-bond donors (Lipinski definition) is 0. The van der Waals surface area contributed by atoms with Gasteiger partial charge in [0.25, 0.3) is 0 Å². The van der Waals surface area contributed by atoms with Crippen LogP contribution < -0.4 is 0 Å². The van der Waals surface area contributed by atoms with Crippen LogP contribution in [0.1, 0.15) is 26.7 Å². The predicted octanol–water partition coefficient (Wildman–Crippen LogP) is 1.56. The van der Waals surface area contributed by atoms with Crippen LogP contribution in [0.3, 0.4) is 0 Å². The Kier molecular flexibility index (Phi) is 3.69. The van der Waals surface area contributed by atoms with E-state index in [2.05, 4.69) is 6.92 Å². The summed E-state index contributed by atoms with van der Waals surface area (Å²) < 4.78 is 5.45. The second-order valence-electron chi connectivity index (χ2n) is 5.10. The van der Waals surface area contributed by atoms with Crippen LogP contribution in [0.5, 0.6) is 0 Å². The van der Waals surface area contributed by atoms with Gasteiger partial charge in [0.1, 0.15) is 0 Å². The van der Waals surface area contributed by atoms with Crippen molar-refractivity contribution < 1.29 is 9.53 Å². The van der Waals surface area contributed by atoms with E-state index in [9.17, 15) is 4.79 Å². The van der Waals surface area contributed by atoms with Crippen molar-refractivity contribution in [2.24, 2.45) is 5.92 Å². The molecule has 0 aromatic heterocycles. The molecular weight excluding hydrogens is 204 g/mol. The Hall–Kier alpha value is -0.770. The topological polar surface area (TPSA) is 32.8 Å². The molecule has 2 saturated heterocycles. The maximum atomic E-state index is 12.2. The first-order valence-corrected chi connectivity index (χ1v) is 6.32. The number of hydrogen-bond acceptors (Lipinski definition) is 2. The fourth-order valence-corrected chi connectivity index (χ4v) is 2.56. The minimum absolute atomic E-state index is 0.180. The number of ether oxygens (including phenoxy) is 1. The third kappa shape index (κ3) is 2.67. The number of rotatable bonds is 0. The van der Waals surface area contributed by atoms with E-state index in [1.165, 1.54) is 6.42 Å². The molecule has 4 heteroatoms. The molecule has 2 fully saturated rings. The molecule has 0 N–H and O–H groups in total. The van der Waals surface area contributed by atoms with Gasteiger partial charge < -0.3 is 14.5 Å². The van der Waals surface area contributed by atoms with Crippen LogP contribution in [-0.4, -0.2) is 54.7 Å². The van der Waals surface area contributed by atoms with E-state index in [-0.39, 0.29) is 12.1 Å². The van der Waals surface area contributed by atoms with Crippen LogP contribution in [0.2, 0.25) is 0 Å². The standard InChI is InChI=1S/C12H22N2O2/c1-10-4-3-5-13(8-10)12(15)14-6-7-16-11(2)9-14/h10-11H,3-9H2,1-2H3. The van der Waals surface area contributed by atoms with Crippen LogP contribution in [0.25, 0.3) is 0 Å². The Morgan fingerprint density at radius 3 is 2.62 bits per heavy atom. The summed E-state index contributed by atoms with van der Waals surface area (Å²) in [4.78, 5) is 16.2. The van der Waals surface area contributed by atoms with Crippen molar-refractivity contribution in [2.75, 3.05) is 32.8 Å². The largest absolute Gasteiger partial charge is 0.375 e. The first kappa shape index (κ1) is 11.7. The van der Waals surface area contributed by atoms with Gasteiger partial charge in [-0.15, -0.1) is 0 Å². The highest BCUT2D eigenvalue weighted by atomic mass is 16.5. The molecule has 2 aliphatic heterocycles. The van der Waals surface area contributed by atoms with Crippen molar-refractivity contribution in [1.82, 2.24) is 9.80 Å². The fraction of sp³-hybridized carbons (Fsp3) is 0.917. The molecule has 2 aliphatic rings. The zero-order valence-electron chi connectivity index (χ0n) is 10.3. The van der Waals surface area contributed by atoms with E-state index < -0.39 is 0 Å². The molecule has 92 valence electrons. The lowest BCUT2D eigenvalue weighted by molar-refractivity contribution is -0.0107. The number of carbonyl (C=O) groups excluding carboxylic acids is 1. The lowest BCUT2D eigenvalue weighted by Gasteiger charge is -2.38. The second kappa shape index (κ2) is 5.04. The number of morpholine rings is 1. The molecule has 0 saturated carbocycles. The smallest absolute Gasteiger partial charge is 0.320 e. The molecule has 16 heavy (non-hydrogen) atoms. The molecule has 2 unspecified atom stereocenters. The van der Waals surface area contributed by atoms with Gasteiger partial charge in [-0.3, -0.25) is 0 Å². The Morgan fingerprint density at radius 1 is 1.19 bits per heavy atom. The minimum Gasteiger partial charge on any atom is -0.375 e. The van der Waals surface area contributed by atoms with Crippen LogP contribution >= 0.6 is 0 Å². The number of nitrogens with zero attached hydrogens (tertiary/aromatic N) is 2. The summed E-state index contributed by atoms with van der Waals surface area (Å²) in [6.07, 6.45) is 2.58. The van der Waals surface area contributed by atoms with Crippen molar-refractivity contribution >= 4 is 6.03 Å². The van der Waals surface area contributed by atoms with Gasteiger partial charge in [-0.05, 0) is 25.7 Å². The van der Waals surface area contributed by atoms with Crippen molar-refractivity contribution in [2.45, 2.75) is 32.8 Å². The van der Waals surface area contributed by atoms with E-state index >= 15 is 0 Å². The molecule has 0 radical (unpaired) electrons. The average molecular weight is 226 g/mol. The Bertz CT molecular complexity index is 233. The molecule has 2 amide bonds. The molecular formula is C12H22N2O2. The first-order chi connectivity index (χ1) is 7.66. The fourth-order valence-electron chi connectivity index (χ4n) is 2.56. The molecule has 0 aromatic carbocycles. The molecule has 2 heterocycles. The van der Waals surface area contributed by atoms with Crippen LogP contribution in [-0.2, 0) is 4.74 Å². The van der Waals surface area contributed by atoms with Gasteiger partial charge in [-0.25, -0.2) is 4.79 Å².